The van der Waals surface area contributed by atoms with Crippen LogP contribution in [0, 0.1) is 5.82 Å². The van der Waals surface area contributed by atoms with Gasteiger partial charge in [0.25, 0.3) is 5.91 Å². The number of hydrogen-bond donors (Lipinski definition) is 1. The molecule has 8 heteroatoms. The van der Waals surface area contributed by atoms with Gasteiger partial charge >= 0.3 is 0 Å². The molecule has 31 heavy (non-hydrogen) atoms. The Morgan fingerprint density at radius 1 is 1.10 bits per heavy atom. The van der Waals surface area contributed by atoms with Crippen LogP contribution in [0.15, 0.2) is 42.5 Å². The number of amides is 2. The number of halogens is 3. The van der Waals surface area contributed by atoms with Crippen molar-refractivity contribution in [3.63, 3.8) is 0 Å². The quantitative estimate of drug-likeness (QED) is 0.576. The second-order valence-electron chi connectivity index (χ2n) is 8.18. The molecule has 2 aromatic rings. The normalized spacial score (nSPS) is 12.2. The van der Waals surface area contributed by atoms with Crippen molar-refractivity contribution in [2.75, 3.05) is 6.61 Å². The van der Waals surface area contributed by atoms with Crippen LogP contribution in [-0.2, 0) is 16.1 Å². The third kappa shape index (κ3) is 7.71. The van der Waals surface area contributed by atoms with Crippen molar-refractivity contribution in [1.29, 1.82) is 0 Å². The Hall–Kier alpha value is -2.31. The van der Waals surface area contributed by atoms with Gasteiger partial charge in [-0.1, -0.05) is 36.2 Å². The highest BCUT2D eigenvalue weighted by Crippen LogP contribution is 2.24. The Bertz CT molecular complexity index is 914. The van der Waals surface area contributed by atoms with Crippen LogP contribution in [-0.4, -0.2) is 34.9 Å². The number of carbonyl (C=O) groups is 2. The van der Waals surface area contributed by atoms with E-state index in [4.69, 9.17) is 27.9 Å². The molecule has 0 aliphatic heterocycles. The molecule has 1 N–H and O–H groups in total. The van der Waals surface area contributed by atoms with E-state index >= 15 is 0 Å². The highest BCUT2D eigenvalue weighted by molar-refractivity contribution is 6.42. The minimum atomic E-state index is -0.710. The average molecular weight is 469 g/mol. The minimum Gasteiger partial charge on any atom is -0.484 e. The molecule has 2 amide bonds. The Labute approximate surface area is 192 Å². The largest absolute Gasteiger partial charge is 0.484 e. The molecular formula is C23H27Cl2FN2O3. The fourth-order valence-corrected chi connectivity index (χ4v) is 3.29. The Balaban J connectivity index is 2.25. The predicted octanol–water partition coefficient (Wildman–Crippen LogP) is 5.23. The van der Waals surface area contributed by atoms with Crippen molar-refractivity contribution in [2.45, 2.75) is 52.2 Å². The maximum absolute atomic E-state index is 13.1. The number of rotatable bonds is 8. The van der Waals surface area contributed by atoms with Gasteiger partial charge in [-0.25, -0.2) is 4.39 Å². The second kappa shape index (κ2) is 10.8. The van der Waals surface area contributed by atoms with Gasteiger partial charge in [-0.2, -0.15) is 0 Å². The van der Waals surface area contributed by atoms with Crippen LogP contribution in [0.3, 0.4) is 0 Å². The Morgan fingerprint density at radius 3 is 2.29 bits per heavy atom. The first-order chi connectivity index (χ1) is 14.5. The van der Waals surface area contributed by atoms with Crippen molar-refractivity contribution in [2.24, 2.45) is 0 Å². The van der Waals surface area contributed by atoms with Gasteiger partial charge in [0.2, 0.25) is 5.91 Å². The molecule has 2 rings (SSSR count). The number of ether oxygens (including phenoxy) is 1. The Kier molecular flexibility index (Phi) is 8.71. The van der Waals surface area contributed by atoms with E-state index < -0.39 is 17.4 Å². The second-order valence-corrected chi connectivity index (χ2v) is 8.99. The predicted molar refractivity (Wildman–Crippen MR) is 121 cm³/mol. The standard InChI is InChI=1S/C23H27Cl2FN2O3/c1-5-20(22(30)27-23(2,3)4)28(13-15-6-11-18(24)19(25)12-15)21(29)14-31-17-9-7-16(26)8-10-17/h6-12,20H,5,13-14H2,1-4H3,(H,27,30)/t20-/m0/s1. The molecule has 0 unspecified atom stereocenters. The van der Waals surface area contributed by atoms with Crippen molar-refractivity contribution in [3.05, 3.63) is 63.9 Å². The lowest BCUT2D eigenvalue weighted by Crippen LogP contribution is -2.54. The maximum Gasteiger partial charge on any atom is 0.261 e. The summed E-state index contributed by atoms with van der Waals surface area (Å²) in [5.74, 6) is -0.683. The van der Waals surface area contributed by atoms with Crippen LogP contribution in [0.25, 0.3) is 0 Å². The van der Waals surface area contributed by atoms with E-state index in [1.165, 1.54) is 29.2 Å². The number of benzene rings is 2. The lowest BCUT2D eigenvalue weighted by Gasteiger charge is -2.33. The summed E-state index contributed by atoms with van der Waals surface area (Å²) in [5, 5.41) is 3.69. The first-order valence-electron chi connectivity index (χ1n) is 9.94. The van der Waals surface area contributed by atoms with Crippen LogP contribution in [0.4, 0.5) is 4.39 Å². The first kappa shape index (κ1) is 25.0. The molecule has 0 aliphatic carbocycles. The van der Waals surface area contributed by atoms with Crippen LogP contribution < -0.4 is 10.1 Å². The number of hydrogen-bond acceptors (Lipinski definition) is 3. The van der Waals surface area contributed by atoms with E-state index in [-0.39, 0.29) is 25.0 Å². The Morgan fingerprint density at radius 2 is 1.74 bits per heavy atom. The molecule has 168 valence electrons. The molecule has 1 atom stereocenters. The summed E-state index contributed by atoms with van der Waals surface area (Å²) in [4.78, 5) is 27.5. The van der Waals surface area contributed by atoms with E-state index in [1.807, 2.05) is 27.7 Å². The minimum absolute atomic E-state index is 0.151. The molecule has 0 aromatic heterocycles. The lowest BCUT2D eigenvalue weighted by atomic mass is 10.1. The summed E-state index contributed by atoms with van der Waals surface area (Å²) in [6.07, 6.45) is 0.408. The van der Waals surface area contributed by atoms with Crippen molar-refractivity contribution in [3.8, 4) is 5.75 Å². The van der Waals surface area contributed by atoms with E-state index in [9.17, 15) is 14.0 Å². The molecule has 0 heterocycles. The fraction of sp³-hybridized carbons (Fsp3) is 0.391. The average Bonchev–Trinajstić information content (AvgIpc) is 2.68. The van der Waals surface area contributed by atoms with Gasteiger partial charge in [0.05, 0.1) is 10.0 Å². The van der Waals surface area contributed by atoms with Crippen LogP contribution >= 0.6 is 23.2 Å². The van der Waals surface area contributed by atoms with E-state index in [0.29, 0.717) is 22.2 Å². The maximum atomic E-state index is 13.1. The van der Waals surface area contributed by atoms with Crippen molar-refractivity contribution in [1.82, 2.24) is 10.2 Å². The van der Waals surface area contributed by atoms with Gasteiger partial charge < -0.3 is 15.0 Å². The summed E-state index contributed by atoms with van der Waals surface area (Å²) in [7, 11) is 0. The third-order valence-electron chi connectivity index (χ3n) is 4.40. The van der Waals surface area contributed by atoms with E-state index in [2.05, 4.69) is 5.32 Å². The summed E-state index contributed by atoms with van der Waals surface area (Å²) in [6, 6.07) is 9.73. The molecule has 0 saturated carbocycles. The van der Waals surface area contributed by atoms with Gasteiger partial charge in [0.1, 0.15) is 17.6 Å². The SMILES string of the molecule is CC[C@@H](C(=O)NC(C)(C)C)N(Cc1ccc(Cl)c(Cl)c1)C(=O)COc1ccc(F)cc1. The van der Waals surface area contributed by atoms with Gasteiger partial charge in [0, 0.05) is 12.1 Å². The molecular weight excluding hydrogens is 442 g/mol. The summed E-state index contributed by atoms with van der Waals surface area (Å²) in [5.41, 5.74) is 0.277. The first-order valence-corrected chi connectivity index (χ1v) is 10.7. The zero-order valence-electron chi connectivity index (χ0n) is 18.0. The molecule has 0 fully saturated rings. The van der Waals surface area contributed by atoms with Crippen LogP contribution in [0.5, 0.6) is 5.75 Å². The smallest absolute Gasteiger partial charge is 0.261 e. The van der Waals surface area contributed by atoms with E-state index in [1.54, 1.807) is 18.2 Å². The molecule has 0 saturated heterocycles. The van der Waals surface area contributed by atoms with Crippen LogP contribution in [0.2, 0.25) is 10.0 Å². The van der Waals surface area contributed by atoms with Gasteiger partial charge in [0.15, 0.2) is 6.61 Å². The van der Waals surface area contributed by atoms with E-state index in [0.717, 1.165) is 5.56 Å². The van der Waals surface area contributed by atoms with Crippen LogP contribution in [0.1, 0.15) is 39.7 Å². The molecule has 0 radical (unpaired) electrons. The number of nitrogens with zero attached hydrogens (tertiary/aromatic N) is 1. The van der Waals surface area contributed by atoms with Gasteiger partial charge in [-0.3, -0.25) is 9.59 Å². The highest BCUT2D eigenvalue weighted by Gasteiger charge is 2.31. The fourth-order valence-electron chi connectivity index (χ4n) is 2.97. The van der Waals surface area contributed by atoms with Gasteiger partial charge in [-0.05, 0) is 69.2 Å². The summed E-state index contributed by atoms with van der Waals surface area (Å²) < 4.78 is 18.6. The molecule has 2 aromatic carbocycles. The monoisotopic (exact) mass is 468 g/mol. The molecule has 0 bridgehead atoms. The van der Waals surface area contributed by atoms with Crippen molar-refractivity contribution >= 4 is 35.0 Å². The van der Waals surface area contributed by atoms with Gasteiger partial charge in [-0.15, -0.1) is 0 Å². The zero-order valence-corrected chi connectivity index (χ0v) is 19.6. The lowest BCUT2D eigenvalue weighted by molar-refractivity contribution is -0.143. The summed E-state index contributed by atoms with van der Waals surface area (Å²) in [6.45, 7) is 7.31. The highest BCUT2D eigenvalue weighted by atomic mass is 35.5. The summed E-state index contributed by atoms with van der Waals surface area (Å²) >= 11 is 12.1. The molecule has 0 aliphatic rings. The number of carbonyl (C=O) groups excluding carboxylic acids is 2. The molecule has 0 spiro atoms. The zero-order chi connectivity index (χ0) is 23.2. The number of nitrogens with one attached hydrogen (secondary N) is 1. The van der Waals surface area contributed by atoms with Crippen molar-refractivity contribution < 1.29 is 18.7 Å². The third-order valence-corrected chi connectivity index (χ3v) is 5.14. The topological polar surface area (TPSA) is 58.6 Å². The molecule has 5 nitrogen and oxygen atoms in total.